The van der Waals surface area contributed by atoms with Crippen molar-refractivity contribution in [2.24, 2.45) is 0 Å². The van der Waals surface area contributed by atoms with Crippen LogP contribution in [0.1, 0.15) is 42.9 Å². The van der Waals surface area contributed by atoms with Gasteiger partial charge in [-0.25, -0.2) is 9.19 Å². The van der Waals surface area contributed by atoms with Crippen molar-refractivity contribution < 1.29 is 17.4 Å². The fraction of sp³-hybridized carbons (Fsp3) is 0.533. The molecule has 2 heterocycles. The second-order valence-corrected chi connectivity index (χ2v) is 8.00. The average molecular weight is 386 g/mol. The molecule has 1 unspecified atom stereocenters. The molecule has 4 rings (SSSR count). The first-order valence-electron chi connectivity index (χ1n) is 8.26. The molecule has 0 spiro atoms. The van der Waals surface area contributed by atoms with E-state index in [0.29, 0.717) is 5.69 Å². The first-order chi connectivity index (χ1) is 12.4. The van der Waals surface area contributed by atoms with Crippen LogP contribution in [0, 0.1) is 0 Å². The first kappa shape index (κ1) is 17.3. The third-order valence-corrected chi connectivity index (χ3v) is 5.85. The van der Waals surface area contributed by atoms with E-state index in [9.17, 15) is 17.4 Å². The van der Waals surface area contributed by atoms with Crippen LogP contribution in [-0.4, -0.2) is 35.7 Å². The average Bonchev–Trinajstić information content (AvgIpc) is 3.51. The van der Waals surface area contributed by atoms with Crippen LogP contribution in [-0.2, 0) is 17.2 Å². The summed E-state index contributed by atoms with van der Waals surface area (Å²) in [4.78, 5) is 7.69. The SMILES string of the molecule is CNc1nc(Nc2cn(S(=O)C3CC3)nc2C2CC2)ncc1C(F)(F)F. The lowest BCUT2D eigenvalue weighted by atomic mass is 10.2. The van der Waals surface area contributed by atoms with E-state index in [4.69, 9.17) is 0 Å². The van der Waals surface area contributed by atoms with E-state index in [0.717, 1.165) is 37.6 Å². The Kier molecular flexibility index (Phi) is 4.13. The molecule has 0 aromatic carbocycles. The topological polar surface area (TPSA) is 84.7 Å². The lowest BCUT2D eigenvalue weighted by Crippen LogP contribution is -2.12. The van der Waals surface area contributed by atoms with Crippen LogP contribution in [0.5, 0.6) is 0 Å². The molecule has 0 amide bonds. The van der Waals surface area contributed by atoms with Crippen molar-refractivity contribution in [1.82, 2.24) is 19.2 Å². The van der Waals surface area contributed by atoms with Crippen LogP contribution in [0.15, 0.2) is 12.4 Å². The van der Waals surface area contributed by atoms with E-state index in [-0.39, 0.29) is 22.9 Å². The molecule has 2 aliphatic carbocycles. The molecule has 7 nitrogen and oxygen atoms in total. The van der Waals surface area contributed by atoms with Crippen molar-refractivity contribution >= 4 is 28.4 Å². The Bertz CT molecular complexity index is 860. The Morgan fingerprint density at radius 3 is 2.58 bits per heavy atom. The van der Waals surface area contributed by atoms with Crippen molar-refractivity contribution in [1.29, 1.82) is 0 Å². The molecular weight excluding hydrogens is 369 g/mol. The van der Waals surface area contributed by atoms with Crippen molar-refractivity contribution in [3.05, 3.63) is 23.7 Å². The van der Waals surface area contributed by atoms with Gasteiger partial charge in [0.05, 0.1) is 22.8 Å². The van der Waals surface area contributed by atoms with Crippen LogP contribution in [0.2, 0.25) is 0 Å². The van der Waals surface area contributed by atoms with Gasteiger partial charge in [-0.1, -0.05) is 0 Å². The van der Waals surface area contributed by atoms with E-state index in [2.05, 4.69) is 25.7 Å². The van der Waals surface area contributed by atoms with E-state index < -0.39 is 22.7 Å². The highest BCUT2D eigenvalue weighted by Crippen LogP contribution is 2.43. The number of halogens is 3. The fourth-order valence-corrected chi connectivity index (χ4v) is 3.82. The van der Waals surface area contributed by atoms with Gasteiger partial charge in [0.1, 0.15) is 22.4 Å². The molecule has 2 fully saturated rings. The number of nitrogens with one attached hydrogen (secondary N) is 2. The van der Waals surface area contributed by atoms with Gasteiger partial charge >= 0.3 is 6.18 Å². The quantitative estimate of drug-likeness (QED) is 0.794. The Hall–Kier alpha value is -2.17. The maximum Gasteiger partial charge on any atom is 0.421 e. The highest BCUT2D eigenvalue weighted by Gasteiger charge is 2.36. The molecule has 11 heteroatoms. The smallest absolute Gasteiger partial charge is 0.372 e. The summed E-state index contributed by atoms with van der Waals surface area (Å²) in [7, 11) is 0.151. The molecule has 0 aliphatic heterocycles. The third kappa shape index (κ3) is 3.39. The zero-order valence-electron chi connectivity index (χ0n) is 13.9. The van der Waals surface area contributed by atoms with Gasteiger partial charge in [-0.3, -0.25) is 0 Å². The van der Waals surface area contributed by atoms with Crippen molar-refractivity contribution in [2.75, 3.05) is 17.7 Å². The van der Waals surface area contributed by atoms with Crippen LogP contribution in [0.4, 0.5) is 30.6 Å². The van der Waals surface area contributed by atoms with Gasteiger partial charge in [-0.2, -0.15) is 27.3 Å². The van der Waals surface area contributed by atoms with E-state index in [1.54, 1.807) is 6.20 Å². The lowest BCUT2D eigenvalue weighted by molar-refractivity contribution is -0.137. The molecular formula is C15H17F3N6OS. The second kappa shape index (κ2) is 6.22. The van der Waals surface area contributed by atoms with Gasteiger partial charge < -0.3 is 10.6 Å². The minimum absolute atomic E-state index is 0.0287. The molecule has 2 N–H and O–H groups in total. The molecule has 2 aromatic rings. The standard InChI is InChI=1S/C15H17F3N6OS/c1-19-13-10(15(16,17)18)6-20-14(22-13)21-11-7-24(26(25)9-4-5-9)23-12(11)8-2-3-8/h6-9H,2-5H2,1H3,(H2,19,20,21,22). The minimum atomic E-state index is -4.54. The van der Waals surface area contributed by atoms with E-state index in [1.807, 2.05) is 0 Å². The largest absolute Gasteiger partial charge is 0.421 e. The molecule has 26 heavy (non-hydrogen) atoms. The number of aromatic nitrogens is 4. The van der Waals surface area contributed by atoms with Gasteiger partial charge in [0.15, 0.2) is 0 Å². The normalized spacial score (nSPS) is 18.6. The molecule has 2 aromatic heterocycles. The predicted octanol–water partition coefficient (Wildman–Crippen LogP) is 3.03. The van der Waals surface area contributed by atoms with Gasteiger partial charge in [-0.15, -0.1) is 0 Å². The highest BCUT2D eigenvalue weighted by molar-refractivity contribution is 7.84. The monoisotopic (exact) mass is 386 g/mol. The second-order valence-electron chi connectivity index (χ2n) is 6.41. The van der Waals surface area contributed by atoms with Gasteiger partial charge in [-0.05, 0) is 25.7 Å². The summed E-state index contributed by atoms with van der Waals surface area (Å²) >= 11 is 0. The predicted molar refractivity (Wildman–Crippen MR) is 90.6 cm³/mol. The van der Waals surface area contributed by atoms with E-state index >= 15 is 0 Å². The summed E-state index contributed by atoms with van der Waals surface area (Å²) in [6.07, 6.45) is 1.63. The van der Waals surface area contributed by atoms with Crippen molar-refractivity contribution in [2.45, 2.75) is 43.0 Å². The lowest BCUT2D eigenvalue weighted by Gasteiger charge is -2.12. The van der Waals surface area contributed by atoms with Crippen LogP contribution < -0.4 is 10.6 Å². The molecule has 1 atom stereocenters. The van der Waals surface area contributed by atoms with Crippen LogP contribution >= 0.6 is 0 Å². The third-order valence-electron chi connectivity index (χ3n) is 4.26. The maximum absolute atomic E-state index is 13.0. The maximum atomic E-state index is 13.0. The van der Waals surface area contributed by atoms with E-state index in [1.165, 1.54) is 11.1 Å². The molecule has 0 radical (unpaired) electrons. The molecule has 0 bridgehead atoms. The molecule has 140 valence electrons. The number of hydrogen-bond donors (Lipinski definition) is 2. The Morgan fingerprint density at radius 1 is 1.27 bits per heavy atom. The van der Waals surface area contributed by atoms with Crippen molar-refractivity contribution in [3.63, 3.8) is 0 Å². The molecule has 0 saturated heterocycles. The number of rotatable bonds is 6. The number of alkyl halides is 3. The Morgan fingerprint density at radius 2 is 2.00 bits per heavy atom. The molecule has 2 aliphatic rings. The summed E-state index contributed by atoms with van der Waals surface area (Å²) in [5.74, 6) is -0.00824. The van der Waals surface area contributed by atoms with Crippen molar-refractivity contribution in [3.8, 4) is 0 Å². The summed E-state index contributed by atoms with van der Waals surface area (Å²) in [5.41, 5.74) is 0.412. The number of anilines is 3. The van der Waals surface area contributed by atoms with Gasteiger partial charge in [0.2, 0.25) is 5.95 Å². The fourth-order valence-electron chi connectivity index (χ4n) is 2.60. The van der Waals surface area contributed by atoms with Gasteiger partial charge in [0, 0.05) is 19.2 Å². The Balaban J connectivity index is 1.63. The summed E-state index contributed by atoms with van der Waals surface area (Å²) in [5, 5.41) is 9.94. The summed E-state index contributed by atoms with van der Waals surface area (Å²) in [6, 6.07) is 0. The summed E-state index contributed by atoms with van der Waals surface area (Å²) < 4.78 is 52.7. The zero-order valence-corrected chi connectivity index (χ0v) is 14.7. The highest BCUT2D eigenvalue weighted by atomic mass is 32.2. The summed E-state index contributed by atoms with van der Waals surface area (Å²) in [6.45, 7) is 0. The van der Waals surface area contributed by atoms with Crippen LogP contribution in [0.25, 0.3) is 0 Å². The van der Waals surface area contributed by atoms with Gasteiger partial charge in [0.25, 0.3) is 0 Å². The minimum Gasteiger partial charge on any atom is -0.372 e. The van der Waals surface area contributed by atoms with Crippen LogP contribution in [0.3, 0.4) is 0 Å². The zero-order chi connectivity index (χ0) is 18.5. The molecule has 2 saturated carbocycles. The number of nitrogens with zero attached hydrogens (tertiary/aromatic N) is 4. The Labute approximate surface area is 150 Å². The number of hydrogen-bond acceptors (Lipinski definition) is 6. The first-order valence-corrected chi connectivity index (χ1v) is 9.43.